The molecule has 2 aliphatic rings. The summed E-state index contributed by atoms with van der Waals surface area (Å²) in [5, 5.41) is 3.39. The smallest absolute Gasteiger partial charge is 0.308 e. The van der Waals surface area contributed by atoms with Crippen molar-refractivity contribution in [2.24, 2.45) is 17.8 Å². The van der Waals surface area contributed by atoms with Crippen molar-refractivity contribution in [1.29, 1.82) is 0 Å². The Kier molecular flexibility index (Phi) is 3.06. The van der Waals surface area contributed by atoms with E-state index in [1.165, 1.54) is 26.4 Å². The Labute approximate surface area is 85.2 Å². The van der Waals surface area contributed by atoms with Crippen molar-refractivity contribution in [2.75, 3.05) is 20.2 Å². The molecule has 0 radical (unpaired) electrons. The summed E-state index contributed by atoms with van der Waals surface area (Å²) >= 11 is 0. The fourth-order valence-electron chi connectivity index (χ4n) is 3.02. The van der Waals surface area contributed by atoms with Crippen molar-refractivity contribution in [3.8, 4) is 0 Å². The maximum Gasteiger partial charge on any atom is 0.308 e. The van der Waals surface area contributed by atoms with Crippen LogP contribution in [0, 0.1) is 17.8 Å². The van der Waals surface area contributed by atoms with E-state index >= 15 is 0 Å². The highest BCUT2D eigenvalue weighted by Gasteiger charge is 2.38. The number of piperidine rings is 1. The van der Waals surface area contributed by atoms with Gasteiger partial charge >= 0.3 is 5.97 Å². The second kappa shape index (κ2) is 4.30. The summed E-state index contributed by atoms with van der Waals surface area (Å²) in [5.74, 6) is 1.45. The van der Waals surface area contributed by atoms with Crippen molar-refractivity contribution in [3.05, 3.63) is 0 Å². The fourth-order valence-corrected chi connectivity index (χ4v) is 3.02. The highest BCUT2D eigenvalue weighted by molar-refractivity contribution is 5.72. The Bertz CT molecular complexity index is 215. The summed E-state index contributed by atoms with van der Waals surface area (Å²) in [5.41, 5.74) is 0. The lowest BCUT2D eigenvalue weighted by Gasteiger charge is -2.40. The molecule has 1 saturated heterocycles. The summed E-state index contributed by atoms with van der Waals surface area (Å²) < 4.78 is 4.87. The van der Waals surface area contributed by atoms with Crippen LogP contribution in [-0.2, 0) is 9.53 Å². The van der Waals surface area contributed by atoms with Gasteiger partial charge in [0.15, 0.2) is 0 Å². The van der Waals surface area contributed by atoms with Crippen LogP contribution in [0.25, 0.3) is 0 Å². The molecule has 0 unspecified atom stereocenters. The number of fused-ring (bicyclic) bond motifs is 1. The summed E-state index contributed by atoms with van der Waals surface area (Å²) in [7, 11) is 1.50. The SMILES string of the molecule is COC(=O)[C@@H]1CCC[C@@H]2CCNC[C@@H]21. The zero-order valence-electron chi connectivity index (χ0n) is 8.79. The molecule has 0 spiro atoms. The van der Waals surface area contributed by atoms with Gasteiger partial charge in [0.1, 0.15) is 0 Å². The lowest BCUT2D eigenvalue weighted by Crippen LogP contribution is -2.45. The number of methoxy groups -OCH3 is 1. The van der Waals surface area contributed by atoms with Gasteiger partial charge in [-0.2, -0.15) is 0 Å². The molecule has 2 rings (SSSR count). The number of nitrogens with one attached hydrogen (secondary N) is 1. The summed E-state index contributed by atoms with van der Waals surface area (Å²) in [6, 6.07) is 0. The third kappa shape index (κ3) is 1.78. The second-order valence-corrected chi connectivity index (χ2v) is 4.48. The van der Waals surface area contributed by atoms with Gasteiger partial charge in [-0.15, -0.1) is 0 Å². The maximum absolute atomic E-state index is 11.6. The molecule has 0 aromatic heterocycles. The Morgan fingerprint density at radius 2 is 2.21 bits per heavy atom. The molecule has 0 aromatic carbocycles. The van der Waals surface area contributed by atoms with Crippen LogP contribution in [0.15, 0.2) is 0 Å². The van der Waals surface area contributed by atoms with E-state index < -0.39 is 0 Å². The zero-order valence-corrected chi connectivity index (χ0v) is 8.79. The van der Waals surface area contributed by atoms with E-state index in [1.54, 1.807) is 0 Å². The molecule has 0 amide bonds. The van der Waals surface area contributed by atoms with Crippen LogP contribution < -0.4 is 5.32 Å². The van der Waals surface area contributed by atoms with E-state index in [0.29, 0.717) is 5.92 Å². The average molecular weight is 197 g/mol. The monoisotopic (exact) mass is 197 g/mol. The van der Waals surface area contributed by atoms with E-state index in [2.05, 4.69) is 5.32 Å². The predicted molar refractivity (Wildman–Crippen MR) is 53.8 cm³/mol. The van der Waals surface area contributed by atoms with Crippen molar-refractivity contribution in [3.63, 3.8) is 0 Å². The minimum atomic E-state index is 0.00315. The molecule has 3 heteroatoms. The number of ether oxygens (including phenoxy) is 1. The largest absolute Gasteiger partial charge is 0.469 e. The minimum Gasteiger partial charge on any atom is -0.469 e. The molecule has 1 aliphatic carbocycles. The molecular formula is C11H19NO2. The summed E-state index contributed by atoms with van der Waals surface area (Å²) in [4.78, 5) is 11.6. The Balaban J connectivity index is 2.04. The quantitative estimate of drug-likeness (QED) is 0.642. The van der Waals surface area contributed by atoms with Crippen LogP contribution in [0.1, 0.15) is 25.7 Å². The van der Waals surface area contributed by atoms with Gasteiger partial charge in [0, 0.05) is 0 Å². The van der Waals surface area contributed by atoms with Crippen LogP contribution in [0.5, 0.6) is 0 Å². The van der Waals surface area contributed by atoms with Gasteiger partial charge < -0.3 is 10.1 Å². The molecule has 1 N–H and O–H groups in total. The van der Waals surface area contributed by atoms with Crippen LogP contribution >= 0.6 is 0 Å². The van der Waals surface area contributed by atoms with E-state index in [9.17, 15) is 4.79 Å². The summed E-state index contributed by atoms with van der Waals surface area (Å²) in [6.45, 7) is 2.12. The minimum absolute atomic E-state index is 0.00315. The standard InChI is InChI=1S/C11H19NO2/c1-14-11(13)9-4-2-3-8-5-6-12-7-10(8)9/h8-10,12H,2-7H2,1H3/t8-,9-,10+/m1/s1. The zero-order chi connectivity index (χ0) is 9.97. The first-order valence-corrected chi connectivity index (χ1v) is 5.61. The molecule has 1 saturated carbocycles. The number of carbonyl (C=O) groups excluding carboxylic acids is 1. The molecule has 1 aliphatic heterocycles. The highest BCUT2D eigenvalue weighted by Crippen LogP contribution is 2.38. The lowest BCUT2D eigenvalue weighted by molar-refractivity contribution is -0.150. The van der Waals surface area contributed by atoms with Crippen molar-refractivity contribution in [1.82, 2.24) is 5.32 Å². The first-order chi connectivity index (χ1) is 6.83. The van der Waals surface area contributed by atoms with Crippen LogP contribution in [0.3, 0.4) is 0 Å². The molecule has 3 atom stereocenters. The Hall–Kier alpha value is -0.570. The first kappa shape index (κ1) is 9.97. The predicted octanol–water partition coefficient (Wildman–Crippen LogP) is 1.19. The van der Waals surface area contributed by atoms with Gasteiger partial charge in [-0.1, -0.05) is 12.8 Å². The molecular weight excluding hydrogens is 178 g/mol. The van der Waals surface area contributed by atoms with E-state index in [4.69, 9.17) is 4.74 Å². The molecule has 3 nitrogen and oxygen atoms in total. The van der Waals surface area contributed by atoms with Gasteiger partial charge in [-0.05, 0) is 37.8 Å². The number of hydrogen-bond donors (Lipinski definition) is 1. The first-order valence-electron chi connectivity index (χ1n) is 5.61. The van der Waals surface area contributed by atoms with Gasteiger partial charge in [0.2, 0.25) is 0 Å². The molecule has 1 heterocycles. The number of esters is 1. The van der Waals surface area contributed by atoms with Gasteiger partial charge in [-0.3, -0.25) is 4.79 Å². The normalized spacial score (nSPS) is 37.4. The third-order valence-electron chi connectivity index (χ3n) is 3.79. The Morgan fingerprint density at radius 1 is 1.36 bits per heavy atom. The van der Waals surface area contributed by atoms with E-state index in [1.807, 2.05) is 0 Å². The van der Waals surface area contributed by atoms with Crippen LogP contribution in [0.4, 0.5) is 0 Å². The lowest BCUT2D eigenvalue weighted by atomic mass is 9.69. The molecule has 2 fully saturated rings. The maximum atomic E-state index is 11.6. The van der Waals surface area contributed by atoms with Gasteiger partial charge in [0.25, 0.3) is 0 Å². The number of carbonyl (C=O) groups is 1. The molecule has 80 valence electrons. The van der Waals surface area contributed by atoms with Crippen molar-refractivity contribution in [2.45, 2.75) is 25.7 Å². The summed E-state index contributed by atoms with van der Waals surface area (Å²) in [6.07, 6.45) is 4.76. The van der Waals surface area contributed by atoms with Gasteiger partial charge in [-0.25, -0.2) is 0 Å². The fraction of sp³-hybridized carbons (Fsp3) is 0.909. The third-order valence-corrected chi connectivity index (χ3v) is 3.79. The van der Waals surface area contributed by atoms with Gasteiger partial charge in [0.05, 0.1) is 13.0 Å². The topological polar surface area (TPSA) is 38.3 Å². The average Bonchev–Trinajstić information content (AvgIpc) is 2.27. The second-order valence-electron chi connectivity index (χ2n) is 4.48. The van der Waals surface area contributed by atoms with Crippen LogP contribution in [-0.4, -0.2) is 26.2 Å². The molecule has 14 heavy (non-hydrogen) atoms. The van der Waals surface area contributed by atoms with Crippen LogP contribution in [0.2, 0.25) is 0 Å². The van der Waals surface area contributed by atoms with E-state index in [-0.39, 0.29) is 11.9 Å². The van der Waals surface area contributed by atoms with E-state index in [0.717, 1.165) is 25.4 Å². The highest BCUT2D eigenvalue weighted by atomic mass is 16.5. The molecule has 0 bridgehead atoms. The van der Waals surface area contributed by atoms with Crippen molar-refractivity contribution < 1.29 is 9.53 Å². The number of rotatable bonds is 1. The number of hydrogen-bond acceptors (Lipinski definition) is 3. The van der Waals surface area contributed by atoms with Crippen molar-refractivity contribution >= 4 is 5.97 Å². The Morgan fingerprint density at radius 3 is 3.00 bits per heavy atom. The molecule has 0 aromatic rings.